The van der Waals surface area contributed by atoms with Crippen molar-refractivity contribution in [2.45, 2.75) is 40.0 Å². The molecule has 1 aliphatic heterocycles. The first-order chi connectivity index (χ1) is 9.60. The fourth-order valence-corrected chi connectivity index (χ4v) is 3.71. The monoisotopic (exact) mass is 287 g/mol. The Hall–Kier alpha value is -1.32. The Labute approximate surface area is 125 Å². The SMILES string of the molecule is Cc1ccc2c(c1)CN(Cc1ccc(C)s1)C[C@H](C)O2. The zero-order valence-electron chi connectivity index (χ0n) is 12.3. The first-order valence-electron chi connectivity index (χ1n) is 7.14. The van der Waals surface area contributed by atoms with Crippen LogP contribution in [0.2, 0.25) is 0 Å². The molecule has 0 radical (unpaired) electrons. The van der Waals surface area contributed by atoms with Crippen molar-refractivity contribution in [3.63, 3.8) is 0 Å². The molecule has 0 saturated heterocycles. The molecule has 106 valence electrons. The predicted molar refractivity (Wildman–Crippen MR) is 84.4 cm³/mol. The maximum atomic E-state index is 6.05. The van der Waals surface area contributed by atoms with Crippen molar-refractivity contribution in [1.29, 1.82) is 0 Å². The van der Waals surface area contributed by atoms with Crippen LogP contribution in [0.1, 0.15) is 27.8 Å². The molecule has 20 heavy (non-hydrogen) atoms. The highest BCUT2D eigenvalue weighted by atomic mass is 32.1. The molecule has 0 amide bonds. The molecule has 1 aromatic heterocycles. The van der Waals surface area contributed by atoms with Gasteiger partial charge >= 0.3 is 0 Å². The molecule has 0 N–H and O–H groups in total. The molecule has 3 heteroatoms. The Morgan fingerprint density at radius 1 is 1.25 bits per heavy atom. The second kappa shape index (κ2) is 5.58. The van der Waals surface area contributed by atoms with Gasteiger partial charge in [0.15, 0.2) is 0 Å². The van der Waals surface area contributed by atoms with Gasteiger partial charge in [0.05, 0.1) is 0 Å². The Kier molecular flexibility index (Phi) is 3.81. The van der Waals surface area contributed by atoms with Crippen LogP contribution in [0.5, 0.6) is 5.75 Å². The number of hydrogen-bond donors (Lipinski definition) is 0. The zero-order valence-corrected chi connectivity index (χ0v) is 13.2. The van der Waals surface area contributed by atoms with E-state index < -0.39 is 0 Å². The Balaban J connectivity index is 1.82. The lowest BCUT2D eigenvalue weighted by Gasteiger charge is -2.21. The highest BCUT2D eigenvalue weighted by molar-refractivity contribution is 7.11. The van der Waals surface area contributed by atoms with E-state index in [1.54, 1.807) is 0 Å². The largest absolute Gasteiger partial charge is 0.489 e. The van der Waals surface area contributed by atoms with Gasteiger partial charge in [-0.25, -0.2) is 0 Å². The number of thiophene rings is 1. The Bertz CT molecular complexity index is 605. The van der Waals surface area contributed by atoms with E-state index in [4.69, 9.17) is 4.74 Å². The lowest BCUT2D eigenvalue weighted by molar-refractivity contribution is 0.157. The van der Waals surface area contributed by atoms with Crippen molar-refractivity contribution >= 4 is 11.3 Å². The standard InChI is InChI=1S/C17H21NOS/c1-12-4-7-17-15(8-12)10-18(9-13(2)19-17)11-16-6-5-14(3)20-16/h4-8,13H,9-11H2,1-3H3/t13-/m0/s1. The maximum absolute atomic E-state index is 6.05. The first-order valence-corrected chi connectivity index (χ1v) is 7.95. The molecule has 1 aromatic carbocycles. The average Bonchev–Trinajstić information content (AvgIpc) is 2.70. The number of rotatable bonds is 2. The summed E-state index contributed by atoms with van der Waals surface area (Å²) in [6.07, 6.45) is 0.236. The molecule has 0 unspecified atom stereocenters. The molecular formula is C17H21NOS. The first kappa shape index (κ1) is 13.7. The van der Waals surface area contributed by atoms with E-state index in [0.717, 1.165) is 25.4 Å². The topological polar surface area (TPSA) is 12.5 Å². The molecule has 0 bridgehead atoms. The molecule has 1 aliphatic rings. The van der Waals surface area contributed by atoms with E-state index in [9.17, 15) is 0 Å². The van der Waals surface area contributed by atoms with Crippen molar-refractivity contribution in [2.24, 2.45) is 0 Å². The molecule has 0 aliphatic carbocycles. The summed E-state index contributed by atoms with van der Waals surface area (Å²) in [6, 6.07) is 10.9. The molecule has 2 heterocycles. The summed E-state index contributed by atoms with van der Waals surface area (Å²) in [4.78, 5) is 5.31. The Morgan fingerprint density at radius 2 is 2.10 bits per heavy atom. The zero-order chi connectivity index (χ0) is 14.1. The molecule has 0 fully saturated rings. The average molecular weight is 287 g/mol. The maximum Gasteiger partial charge on any atom is 0.124 e. The summed E-state index contributed by atoms with van der Waals surface area (Å²) >= 11 is 1.89. The van der Waals surface area contributed by atoms with Crippen molar-refractivity contribution in [1.82, 2.24) is 4.90 Å². The van der Waals surface area contributed by atoms with Crippen molar-refractivity contribution in [2.75, 3.05) is 6.54 Å². The van der Waals surface area contributed by atoms with Gasteiger partial charge in [-0.05, 0) is 39.0 Å². The molecule has 2 nitrogen and oxygen atoms in total. The lowest BCUT2D eigenvalue weighted by Crippen LogP contribution is -2.30. The van der Waals surface area contributed by atoms with E-state index in [1.165, 1.54) is 20.9 Å². The number of nitrogens with zero attached hydrogens (tertiary/aromatic N) is 1. The highest BCUT2D eigenvalue weighted by Crippen LogP contribution is 2.27. The van der Waals surface area contributed by atoms with Gasteiger partial charge in [0.2, 0.25) is 0 Å². The highest BCUT2D eigenvalue weighted by Gasteiger charge is 2.20. The van der Waals surface area contributed by atoms with Gasteiger partial charge in [-0.1, -0.05) is 17.7 Å². The lowest BCUT2D eigenvalue weighted by atomic mass is 10.1. The van der Waals surface area contributed by atoms with Crippen LogP contribution in [-0.4, -0.2) is 17.5 Å². The third kappa shape index (κ3) is 3.05. The molecule has 0 spiro atoms. The van der Waals surface area contributed by atoms with Gasteiger partial charge in [0, 0.05) is 35.0 Å². The second-order valence-corrected chi connectivity index (χ2v) is 7.09. The van der Waals surface area contributed by atoms with E-state index in [0.29, 0.717) is 0 Å². The summed E-state index contributed by atoms with van der Waals surface area (Å²) in [5.41, 5.74) is 2.61. The van der Waals surface area contributed by atoms with Crippen LogP contribution >= 0.6 is 11.3 Å². The molecule has 3 rings (SSSR count). The predicted octanol–water partition coefficient (Wildman–Crippen LogP) is 4.15. The number of benzene rings is 1. The molecule has 1 atom stereocenters. The minimum absolute atomic E-state index is 0.236. The second-order valence-electron chi connectivity index (χ2n) is 5.72. The normalized spacial score (nSPS) is 19.2. The van der Waals surface area contributed by atoms with Crippen LogP contribution in [0.25, 0.3) is 0 Å². The number of ether oxygens (including phenoxy) is 1. The fraction of sp³-hybridized carbons (Fsp3) is 0.412. The quantitative estimate of drug-likeness (QED) is 0.823. The van der Waals surface area contributed by atoms with Gasteiger partial charge in [0.1, 0.15) is 11.9 Å². The Morgan fingerprint density at radius 3 is 2.85 bits per heavy atom. The van der Waals surface area contributed by atoms with Crippen LogP contribution < -0.4 is 4.74 Å². The van der Waals surface area contributed by atoms with Gasteiger partial charge < -0.3 is 4.74 Å². The number of hydrogen-bond acceptors (Lipinski definition) is 3. The minimum atomic E-state index is 0.236. The third-order valence-electron chi connectivity index (χ3n) is 3.63. The van der Waals surface area contributed by atoms with Crippen LogP contribution in [-0.2, 0) is 13.1 Å². The molecular weight excluding hydrogens is 266 g/mol. The van der Waals surface area contributed by atoms with Crippen molar-refractivity contribution in [3.8, 4) is 5.75 Å². The number of aryl methyl sites for hydroxylation is 2. The van der Waals surface area contributed by atoms with Crippen molar-refractivity contribution in [3.05, 3.63) is 51.2 Å². The number of fused-ring (bicyclic) bond motifs is 1. The molecule has 0 saturated carbocycles. The van der Waals surface area contributed by atoms with Gasteiger partial charge in [0.25, 0.3) is 0 Å². The third-order valence-corrected chi connectivity index (χ3v) is 4.61. The van der Waals surface area contributed by atoms with Gasteiger partial charge in [-0.15, -0.1) is 11.3 Å². The van der Waals surface area contributed by atoms with E-state index in [-0.39, 0.29) is 6.10 Å². The smallest absolute Gasteiger partial charge is 0.124 e. The summed E-state index contributed by atoms with van der Waals surface area (Å²) in [6.45, 7) is 9.42. The van der Waals surface area contributed by atoms with Crippen LogP contribution in [0.4, 0.5) is 0 Å². The van der Waals surface area contributed by atoms with Gasteiger partial charge in [-0.2, -0.15) is 0 Å². The van der Waals surface area contributed by atoms with Gasteiger partial charge in [-0.3, -0.25) is 4.90 Å². The van der Waals surface area contributed by atoms with E-state index >= 15 is 0 Å². The molecule has 2 aromatic rings. The van der Waals surface area contributed by atoms with E-state index in [1.807, 2.05) is 11.3 Å². The minimum Gasteiger partial charge on any atom is -0.489 e. The summed E-state index contributed by atoms with van der Waals surface area (Å²) in [5.74, 6) is 1.05. The van der Waals surface area contributed by atoms with Crippen molar-refractivity contribution < 1.29 is 4.74 Å². The summed E-state index contributed by atoms with van der Waals surface area (Å²) in [7, 11) is 0. The fourth-order valence-electron chi connectivity index (χ4n) is 2.78. The van der Waals surface area contributed by atoms with Crippen LogP contribution in [0.15, 0.2) is 30.3 Å². The summed E-state index contributed by atoms with van der Waals surface area (Å²) < 4.78 is 6.05. The van der Waals surface area contributed by atoms with Crippen LogP contribution in [0.3, 0.4) is 0 Å². The van der Waals surface area contributed by atoms with E-state index in [2.05, 4.69) is 56.0 Å². The van der Waals surface area contributed by atoms with Crippen LogP contribution in [0, 0.1) is 13.8 Å². The summed E-state index contributed by atoms with van der Waals surface area (Å²) in [5, 5.41) is 0.